The van der Waals surface area contributed by atoms with Crippen molar-refractivity contribution >= 4 is 18.4 Å². The van der Waals surface area contributed by atoms with Crippen LogP contribution in [0.1, 0.15) is 49.8 Å². The number of hydrogen-bond acceptors (Lipinski definition) is 7. The molecule has 0 spiro atoms. The van der Waals surface area contributed by atoms with Crippen molar-refractivity contribution in [3.05, 3.63) is 59.2 Å². The Balaban J connectivity index is 1.32. The molecule has 2 saturated heterocycles. The number of benzene rings is 1. The van der Waals surface area contributed by atoms with Gasteiger partial charge in [0.05, 0.1) is 18.8 Å². The molecule has 7 nitrogen and oxygen atoms in total. The summed E-state index contributed by atoms with van der Waals surface area (Å²) in [5.74, 6) is -0.153. The standard InChI is InChI=1S/C23H27FN4O3S/c1-14-30-23(31-14)19-12-25-28(26-19)11-8-16-13-27(10-9-20(16)32)21(22(29)15-6-7-15)17-4-2-3-5-18(17)24/h2-5,8,12,14-15,20-21,23,32H,6-7,9-11,13H2,1H3/b16-8+. The number of ketones is 1. The Bertz CT molecular complexity index is 1020. The smallest absolute Gasteiger partial charge is 0.209 e. The van der Waals surface area contributed by atoms with Crippen molar-refractivity contribution < 1.29 is 18.7 Å². The topological polar surface area (TPSA) is 69.5 Å². The van der Waals surface area contributed by atoms with Gasteiger partial charge in [-0.2, -0.15) is 27.6 Å². The van der Waals surface area contributed by atoms with Crippen LogP contribution >= 0.6 is 12.6 Å². The number of Topliss-reactive ketones (excluding diaryl/α,β-unsaturated/α-hetero) is 1. The van der Waals surface area contributed by atoms with Crippen molar-refractivity contribution in [1.29, 1.82) is 0 Å². The third-order valence-electron chi connectivity index (χ3n) is 6.26. The second-order valence-corrected chi connectivity index (χ2v) is 9.27. The highest BCUT2D eigenvalue weighted by molar-refractivity contribution is 7.81. The Kier molecular flexibility index (Phi) is 6.16. The summed E-state index contributed by atoms with van der Waals surface area (Å²) >= 11 is 4.75. The van der Waals surface area contributed by atoms with Crippen LogP contribution in [-0.2, 0) is 20.8 Å². The molecule has 1 saturated carbocycles. The van der Waals surface area contributed by atoms with E-state index in [1.165, 1.54) is 6.07 Å². The summed E-state index contributed by atoms with van der Waals surface area (Å²) in [5, 5.41) is 8.78. The first-order chi connectivity index (χ1) is 15.5. The van der Waals surface area contributed by atoms with E-state index >= 15 is 0 Å². The summed E-state index contributed by atoms with van der Waals surface area (Å²) in [7, 11) is 0. The molecule has 170 valence electrons. The molecule has 1 aromatic carbocycles. The summed E-state index contributed by atoms with van der Waals surface area (Å²) in [6.07, 6.45) is 5.61. The third-order valence-corrected chi connectivity index (χ3v) is 6.85. The lowest BCUT2D eigenvalue weighted by Gasteiger charge is -2.37. The first-order valence-electron chi connectivity index (χ1n) is 11.1. The molecule has 3 heterocycles. The zero-order valence-corrected chi connectivity index (χ0v) is 18.8. The molecule has 0 amide bonds. The highest BCUT2D eigenvalue weighted by Gasteiger charge is 2.40. The summed E-state index contributed by atoms with van der Waals surface area (Å²) in [6, 6.07) is 6.07. The molecular weight excluding hydrogens is 431 g/mol. The number of piperidine rings is 1. The molecule has 3 fully saturated rings. The van der Waals surface area contributed by atoms with Crippen LogP contribution in [0.5, 0.6) is 0 Å². The zero-order chi connectivity index (χ0) is 22.2. The predicted molar refractivity (Wildman–Crippen MR) is 118 cm³/mol. The van der Waals surface area contributed by atoms with Crippen molar-refractivity contribution in [2.24, 2.45) is 5.92 Å². The number of ether oxygens (including phenoxy) is 2. The fourth-order valence-electron chi connectivity index (χ4n) is 4.33. The average molecular weight is 459 g/mol. The van der Waals surface area contributed by atoms with Gasteiger partial charge in [-0.05, 0) is 37.8 Å². The quantitative estimate of drug-likeness (QED) is 0.506. The summed E-state index contributed by atoms with van der Waals surface area (Å²) in [6.45, 7) is 3.56. The highest BCUT2D eigenvalue weighted by Crippen LogP contribution is 2.39. The Morgan fingerprint density at radius 3 is 2.81 bits per heavy atom. The third kappa shape index (κ3) is 4.52. The van der Waals surface area contributed by atoms with Gasteiger partial charge in [-0.25, -0.2) is 4.39 Å². The van der Waals surface area contributed by atoms with E-state index in [9.17, 15) is 9.18 Å². The first-order valence-corrected chi connectivity index (χ1v) is 11.6. The lowest BCUT2D eigenvalue weighted by Crippen LogP contribution is -2.42. The van der Waals surface area contributed by atoms with Crippen LogP contribution in [0.3, 0.4) is 0 Å². The van der Waals surface area contributed by atoms with E-state index in [2.05, 4.69) is 21.2 Å². The van der Waals surface area contributed by atoms with Crippen LogP contribution in [0.25, 0.3) is 0 Å². The maximum Gasteiger partial charge on any atom is 0.209 e. The molecule has 1 aliphatic carbocycles. The number of rotatable bonds is 7. The lowest BCUT2D eigenvalue weighted by atomic mass is 9.93. The minimum Gasteiger partial charge on any atom is -0.318 e. The van der Waals surface area contributed by atoms with Crippen LogP contribution in [0.2, 0.25) is 0 Å². The van der Waals surface area contributed by atoms with Crippen molar-refractivity contribution in [1.82, 2.24) is 19.9 Å². The van der Waals surface area contributed by atoms with Gasteiger partial charge >= 0.3 is 0 Å². The predicted octanol–water partition coefficient (Wildman–Crippen LogP) is 3.46. The van der Waals surface area contributed by atoms with E-state index < -0.39 is 12.3 Å². The molecule has 0 bridgehead atoms. The molecule has 0 radical (unpaired) electrons. The van der Waals surface area contributed by atoms with E-state index in [1.54, 1.807) is 29.2 Å². The second-order valence-electron chi connectivity index (χ2n) is 8.65. The monoisotopic (exact) mass is 458 g/mol. The number of thiol groups is 1. The fourth-order valence-corrected chi connectivity index (χ4v) is 4.64. The summed E-state index contributed by atoms with van der Waals surface area (Å²) < 4.78 is 25.6. The van der Waals surface area contributed by atoms with Crippen molar-refractivity contribution in [3.63, 3.8) is 0 Å². The van der Waals surface area contributed by atoms with Crippen LogP contribution in [0, 0.1) is 11.7 Å². The van der Waals surface area contributed by atoms with Crippen LogP contribution < -0.4 is 0 Å². The second kappa shape index (κ2) is 9.05. The van der Waals surface area contributed by atoms with E-state index in [0.29, 0.717) is 30.9 Å². The molecule has 2 aliphatic heterocycles. The molecule has 5 rings (SSSR count). The number of carbonyl (C=O) groups is 1. The molecule has 3 aliphatic rings. The van der Waals surface area contributed by atoms with E-state index in [1.807, 2.05) is 6.92 Å². The van der Waals surface area contributed by atoms with Crippen molar-refractivity contribution in [2.75, 3.05) is 13.1 Å². The van der Waals surface area contributed by atoms with E-state index in [0.717, 1.165) is 24.8 Å². The maximum atomic E-state index is 14.7. The van der Waals surface area contributed by atoms with Crippen LogP contribution in [0.4, 0.5) is 4.39 Å². The number of halogens is 1. The molecule has 32 heavy (non-hydrogen) atoms. The SMILES string of the molecule is CC1OC(c2cnn(C/C=C3\CN(C(C(=O)C4CC4)c4ccccc4F)CCC3S)n2)O1. The Morgan fingerprint density at radius 1 is 1.31 bits per heavy atom. The van der Waals surface area contributed by atoms with Gasteiger partial charge in [-0.1, -0.05) is 24.3 Å². The number of hydrogen-bond donors (Lipinski definition) is 1. The van der Waals surface area contributed by atoms with Crippen LogP contribution in [0.15, 0.2) is 42.1 Å². The van der Waals surface area contributed by atoms with E-state index in [-0.39, 0.29) is 29.1 Å². The van der Waals surface area contributed by atoms with Gasteiger partial charge < -0.3 is 9.47 Å². The Labute approximate surface area is 192 Å². The van der Waals surface area contributed by atoms with Gasteiger partial charge in [0.2, 0.25) is 6.29 Å². The van der Waals surface area contributed by atoms with Gasteiger partial charge in [0, 0.05) is 29.8 Å². The molecular formula is C23H27FN4O3S. The largest absolute Gasteiger partial charge is 0.318 e. The number of nitrogens with zero attached hydrogens (tertiary/aromatic N) is 4. The Hall–Kier alpha value is -2.07. The molecule has 9 heteroatoms. The number of allylic oxidation sites excluding steroid dienone is 1. The van der Waals surface area contributed by atoms with Crippen LogP contribution in [-0.4, -0.2) is 50.3 Å². The minimum atomic E-state index is -0.558. The number of carbonyl (C=O) groups excluding carboxylic acids is 1. The maximum absolute atomic E-state index is 14.7. The van der Waals surface area contributed by atoms with E-state index in [4.69, 9.17) is 22.1 Å². The summed E-state index contributed by atoms with van der Waals surface area (Å²) in [5.41, 5.74) is 2.20. The van der Waals surface area contributed by atoms with Gasteiger partial charge in [-0.3, -0.25) is 9.69 Å². The molecule has 0 N–H and O–H groups in total. The van der Waals surface area contributed by atoms with Crippen molar-refractivity contribution in [2.45, 2.75) is 56.6 Å². The van der Waals surface area contributed by atoms with Gasteiger partial charge in [0.25, 0.3) is 0 Å². The highest BCUT2D eigenvalue weighted by atomic mass is 32.1. The average Bonchev–Trinajstić information content (AvgIpc) is 3.51. The zero-order valence-electron chi connectivity index (χ0n) is 17.9. The lowest BCUT2D eigenvalue weighted by molar-refractivity contribution is -0.384. The van der Waals surface area contributed by atoms with Gasteiger partial charge in [0.15, 0.2) is 12.1 Å². The fraction of sp³-hybridized carbons (Fsp3) is 0.522. The van der Waals surface area contributed by atoms with Crippen molar-refractivity contribution in [3.8, 4) is 0 Å². The molecule has 2 atom stereocenters. The normalized spacial score (nSPS) is 28.5. The van der Waals surface area contributed by atoms with Gasteiger partial charge in [-0.15, -0.1) is 0 Å². The molecule has 2 unspecified atom stereocenters. The number of likely N-dealkylation sites (tertiary alicyclic amines) is 1. The Morgan fingerprint density at radius 2 is 2.09 bits per heavy atom. The number of aromatic nitrogens is 3. The first kappa shape index (κ1) is 21.8. The summed E-state index contributed by atoms with van der Waals surface area (Å²) in [4.78, 5) is 16.8. The molecule has 2 aromatic rings. The van der Waals surface area contributed by atoms with Gasteiger partial charge in [0.1, 0.15) is 11.5 Å². The molecule has 1 aromatic heterocycles. The minimum absolute atomic E-state index is 0.0473.